The van der Waals surface area contributed by atoms with Crippen molar-refractivity contribution in [2.24, 2.45) is 0 Å². The van der Waals surface area contributed by atoms with Gasteiger partial charge in [0, 0.05) is 59.4 Å². The largest absolute Gasteiger partial charge is 0.379 e. The number of nitrogens with one attached hydrogen (secondary N) is 2. The zero-order valence-electron chi connectivity index (χ0n) is 23.9. The van der Waals surface area contributed by atoms with E-state index in [2.05, 4.69) is 15.2 Å². The molecule has 2 amide bonds. The van der Waals surface area contributed by atoms with Crippen LogP contribution in [0.1, 0.15) is 18.4 Å². The van der Waals surface area contributed by atoms with Crippen LogP contribution < -0.4 is 5.32 Å². The Kier molecular flexibility index (Phi) is 11.1. The summed E-state index contributed by atoms with van der Waals surface area (Å²) >= 11 is 13.4. The summed E-state index contributed by atoms with van der Waals surface area (Å²) in [5.41, 5.74) is 2.05. The number of morpholine rings is 1. The molecule has 4 aromatic rings. The Hall–Kier alpha value is -3.01. The fourth-order valence-electron chi connectivity index (χ4n) is 5.30. The van der Waals surface area contributed by atoms with Gasteiger partial charge in [-0.15, -0.1) is 11.8 Å². The quantitative estimate of drug-likeness (QED) is 0.212. The fourth-order valence-corrected chi connectivity index (χ4v) is 7.01. The van der Waals surface area contributed by atoms with Crippen molar-refractivity contribution in [3.05, 3.63) is 101 Å². The summed E-state index contributed by atoms with van der Waals surface area (Å²) in [6, 6.07) is 25.2. The third kappa shape index (κ3) is 8.77. The van der Waals surface area contributed by atoms with Gasteiger partial charge >= 0.3 is 0 Å². The lowest BCUT2D eigenvalue weighted by Gasteiger charge is -2.28. The number of nitrogens with zero attached hydrogens (tertiary/aromatic N) is 2. The van der Waals surface area contributed by atoms with Gasteiger partial charge in [-0.1, -0.05) is 59.6 Å². The van der Waals surface area contributed by atoms with Gasteiger partial charge < -0.3 is 19.9 Å². The first-order valence-electron chi connectivity index (χ1n) is 14.5. The van der Waals surface area contributed by atoms with Crippen molar-refractivity contribution in [2.45, 2.75) is 29.0 Å². The Morgan fingerprint density at radius 1 is 0.977 bits per heavy atom. The van der Waals surface area contributed by atoms with E-state index in [9.17, 15) is 9.59 Å². The van der Waals surface area contributed by atoms with Crippen molar-refractivity contribution in [1.82, 2.24) is 20.1 Å². The van der Waals surface area contributed by atoms with Crippen molar-refractivity contribution in [2.75, 3.05) is 45.9 Å². The lowest BCUT2D eigenvalue weighted by molar-refractivity contribution is -0.129. The lowest BCUT2D eigenvalue weighted by atomic mass is 10.1. The molecule has 226 valence electrons. The van der Waals surface area contributed by atoms with Gasteiger partial charge in [0.1, 0.15) is 4.75 Å². The number of amides is 2. The smallest absolute Gasteiger partial charge is 0.238 e. The Morgan fingerprint density at radius 2 is 1.77 bits per heavy atom. The number of ether oxygens (including phenoxy) is 1. The van der Waals surface area contributed by atoms with Crippen LogP contribution in [0.15, 0.2) is 90.0 Å². The van der Waals surface area contributed by atoms with Crippen LogP contribution in [0, 0.1) is 0 Å². The summed E-state index contributed by atoms with van der Waals surface area (Å²) in [6.45, 7) is 5.76. The van der Waals surface area contributed by atoms with Gasteiger partial charge in [-0.3, -0.25) is 14.5 Å². The molecule has 10 heteroatoms. The molecule has 43 heavy (non-hydrogen) atoms. The van der Waals surface area contributed by atoms with E-state index in [0.717, 1.165) is 60.3 Å². The van der Waals surface area contributed by atoms with Crippen molar-refractivity contribution in [3.63, 3.8) is 0 Å². The van der Waals surface area contributed by atoms with Gasteiger partial charge in [0.15, 0.2) is 0 Å². The third-order valence-corrected chi connectivity index (χ3v) is 9.35. The number of carbonyl (C=O) groups is 2. The van der Waals surface area contributed by atoms with Crippen molar-refractivity contribution >= 4 is 57.7 Å². The van der Waals surface area contributed by atoms with Crippen molar-refractivity contribution < 1.29 is 14.3 Å². The number of likely N-dealkylation sites (tertiary alicyclic amines) is 1. The molecule has 0 bridgehead atoms. The molecule has 1 aromatic heterocycles. The van der Waals surface area contributed by atoms with Crippen LogP contribution in [0.25, 0.3) is 10.9 Å². The van der Waals surface area contributed by atoms with E-state index in [1.165, 1.54) is 17.1 Å². The van der Waals surface area contributed by atoms with E-state index in [-0.39, 0.29) is 18.2 Å². The minimum Gasteiger partial charge on any atom is -0.379 e. The highest BCUT2D eigenvalue weighted by Crippen LogP contribution is 2.41. The summed E-state index contributed by atoms with van der Waals surface area (Å²) in [7, 11) is 0. The SMILES string of the molecule is Clc1ccc2cc[nH]c2c1.O=C1CC(Sc2ccccc2)(C(=O)NCCCN2CCOCC2)CN1Cc1cccc(Cl)c1. The molecular weight excluding hydrogens is 603 g/mol. The number of fused-ring (bicyclic) bond motifs is 1. The van der Waals surface area contributed by atoms with Crippen LogP contribution in [-0.4, -0.2) is 77.3 Å². The predicted molar refractivity (Wildman–Crippen MR) is 175 cm³/mol. The van der Waals surface area contributed by atoms with E-state index >= 15 is 0 Å². The zero-order chi connectivity index (χ0) is 30.1. The molecule has 3 heterocycles. The van der Waals surface area contributed by atoms with Gasteiger partial charge in [0.2, 0.25) is 11.8 Å². The number of thioether (sulfide) groups is 1. The first kappa shape index (κ1) is 31.4. The number of carbonyl (C=O) groups excluding carboxylic acids is 2. The van der Waals surface area contributed by atoms with Gasteiger partial charge in [0.25, 0.3) is 0 Å². The lowest BCUT2D eigenvalue weighted by Crippen LogP contribution is -2.47. The number of hydrogen-bond acceptors (Lipinski definition) is 5. The van der Waals surface area contributed by atoms with E-state index in [0.29, 0.717) is 24.7 Å². The molecule has 1 unspecified atom stereocenters. The Bertz CT molecular complexity index is 1510. The molecule has 2 aliphatic heterocycles. The third-order valence-electron chi connectivity index (χ3n) is 7.53. The van der Waals surface area contributed by atoms with Crippen LogP contribution in [-0.2, 0) is 20.9 Å². The average molecular weight is 640 g/mol. The minimum absolute atomic E-state index is 0.0122. The van der Waals surface area contributed by atoms with Crippen LogP contribution >= 0.6 is 35.0 Å². The molecule has 2 fully saturated rings. The highest BCUT2D eigenvalue weighted by atomic mass is 35.5. The second-order valence-electron chi connectivity index (χ2n) is 10.7. The molecule has 6 rings (SSSR count). The van der Waals surface area contributed by atoms with E-state index in [1.54, 1.807) is 4.90 Å². The maximum Gasteiger partial charge on any atom is 0.238 e. The number of benzene rings is 3. The van der Waals surface area contributed by atoms with Crippen LogP contribution in [0.4, 0.5) is 0 Å². The highest BCUT2D eigenvalue weighted by molar-refractivity contribution is 8.01. The monoisotopic (exact) mass is 638 g/mol. The highest BCUT2D eigenvalue weighted by Gasteiger charge is 2.49. The normalized spacial score (nSPS) is 18.8. The molecule has 2 N–H and O–H groups in total. The average Bonchev–Trinajstić information content (AvgIpc) is 3.60. The molecule has 1 atom stereocenters. The topological polar surface area (TPSA) is 77.7 Å². The Labute approximate surface area is 266 Å². The zero-order valence-corrected chi connectivity index (χ0v) is 26.3. The molecular formula is C33H36Cl2N4O3S. The molecule has 2 saturated heterocycles. The number of aromatic nitrogens is 1. The van der Waals surface area contributed by atoms with E-state index in [4.69, 9.17) is 27.9 Å². The Balaban J connectivity index is 0.000000308. The minimum atomic E-state index is -0.851. The van der Waals surface area contributed by atoms with Gasteiger partial charge in [-0.05, 0) is 66.4 Å². The molecule has 0 saturated carbocycles. The molecule has 2 aliphatic rings. The second kappa shape index (κ2) is 15.1. The van der Waals surface area contributed by atoms with Crippen LogP contribution in [0.3, 0.4) is 0 Å². The molecule has 0 spiro atoms. The second-order valence-corrected chi connectivity index (χ2v) is 13.1. The first-order chi connectivity index (χ1) is 20.9. The first-order valence-corrected chi connectivity index (χ1v) is 16.0. The number of hydrogen-bond donors (Lipinski definition) is 2. The molecule has 0 radical (unpaired) electrons. The predicted octanol–water partition coefficient (Wildman–Crippen LogP) is 6.26. The molecule has 7 nitrogen and oxygen atoms in total. The standard InChI is InChI=1S/C25H30ClN3O3S.C8H6ClN/c26-21-7-4-6-20(16-21)18-29-19-25(17-23(29)30,33-22-8-2-1-3-9-22)24(31)27-10-5-11-28-12-14-32-15-13-28;9-7-2-1-6-3-4-10-8(6)5-7/h1-4,6-9,16H,5,10-15,17-19H2,(H,27,31);1-5,10H. The van der Waals surface area contributed by atoms with Crippen molar-refractivity contribution in [1.29, 1.82) is 0 Å². The van der Waals surface area contributed by atoms with Crippen LogP contribution in [0.5, 0.6) is 0 Å². The summed E-state index contributed by atoms with van der Waals surface area (Å²) in [5.74, 6) is -0.0813. The van der Waals surface area contributed by atoms with Crippen molar-refractivity contribution in [3.8, 4) is 0 Å². The van der Waals surface area contributed by atoms with E-state index in [1.807, 2.05) is 85.1 Å². The summed E-state index contributed by atoms with van der Waals surface area (Å²) in [4.78, 5) is 34.6. The summed E-state index contributed by atoms with van der Waals surface area (Å²) in [5, 5.41) is 5.73. The maximum atomic E-state index is 13.5. The summed E-state index contributed by atoms with van der Waals surface area (Å²) < 4.78 is 4.54. The number of H-pyrrole nitrogens is 1. The van der Waals surface area contributed by atoms with Crippen LogP contribution in [0.2, 0.25) is 10.0 Å². The number of aromatic amines is 1. The number of halogens is 2. The van der Waals surface area contributed by atoms with Gasteiger partial charge in [-0.25, -0.2) is 0 Å². The molecule has 0 aliphatic carbocycles. The summed E-state index contributed by atoms with van der Waals surface area (Å²) in [6.07, 6.45) is 2.96. The van der Waals surface area contributed by atoms with Gasteiger partial charge in [0.05, 0.1) is 19.6 Å². The van der Waals surface area contributed by atoms with E-state index < -0.39 is 4.75 Å². The Morgan fingerprint density at radius 3 is 2.56 bits per heavy atom. The van der Waals surface area contributed by atoms with Gasteiger partial charge in [-0.2, -0.15) is 0 Å². The molecule has 3 aromatic carbocycles. The fraction of sp³-hybridized carbons (Fsp3) is 0.333. The maximum absolute atomic E-state index is 13.5. The number of rotatable bonds is 9.